The van der Waals surface area contributed by atoms with Crippen molar-refractivity contribution in [3.63, 3.8) is 0 Å². The van der Waals surface area contributed by atoms with E-state index in [0.29, 0.717) is 30.0 Å². The van der Waals surface area contributed by atoms with Gasteiger partial charge in [-0.2, -0.15) is 0 Å². The maximum atomic E-state index is 11.7. The van der Waals surface area contributed by atoms with Crippen LogP contribution in [0.3, 0.4) is 0 Å². The number of rotatable bonds is 8. The topological polar surface area (TPSA) is 159 Å². The zero-order valence-electron chi connectivity index (χ0n) is 14.9. The molecule has 0 saturated heterocycles. The van der Waals surface area contributed by atoms with Crippen LogP contribution in [0.1, 0.15) is 22.5 Å². The number of nitrogens with two attached hydrogens (primary N) is 1. The number of amides is 1. The smallest absolute Gasteiger partial charge is 0.414 e. The molecule has 28 heavy (non-hydrogen) atoms. The third-order valence-electron chi connectivity index (χ3n) is 3.28. The number of benzene rings is 1. The quantitative estimate of drug-likeness (QED) is 0.246. The zero-order valence-corrected chi connectivity index (χ0v) is 15.7. The van der Waals surface area contributed by atoms with E-state index >= 15 is 0 Å². The molecule has 1 aromatic carbocycles. The summed E-state index contributed by atoms with van der Waals surface area (Å²) in [6, 6.07) is 12.7. The highest BCUT2D eigenvalue weighted by atomic mass is 32.1. The van der Waals surface area contributed by atoms with Crippen molar-refractivity contribution >= 4 is 29.2 Å². The van der Waals surface area contributed by atoms with Crippen molar-refractivity contribution in [2.45, 2.75) is 25.2 Å². The lowest BCUT2D eigenvalue weighted by atomic mass is 10.1. The summed E-state index contributed by atoms with van der Waals surface area (Å²) >= 11 is 1.40. The molecule has 152 valence electrons. The maximum Gasteiger partial charge on any atom is 0.414 e. The molecule has 0 bridgehead atoms. The monoisotopic (exact) mass is 410 g/mol. The first kappa shape index (κ1) is 23.1. The molecule has 6 N–H and O–H groups in total. The van der Waals surface area contributed by atoms with E-state index in [1.165, 1.54) is 11.3 Å². The number of aliphatic carboxylic acids is 2. The largest absolute Gasteiger partial charge is 0.473 e. The predicted molar refractivity (Wildman–Crippen MR) is 102 cm³/mol. The highest BCUT2D eigenvalue weighted by Gasteiger charge is 2.16. The third kappa shape index (κ3) is 9.12. The fraction of sp³-hybridized carbons (Fsp3) is 0.278. The van der Waals surface area contributed by atoms with Crippen LogP contribution in [-0.4, -0.2) is 52.0 Å². The summed E-state index contributed by atoms with van der Waals surface area (Å²) in [6.07, 6.45) is -0.475. The van der Waals surface area contributed by atoms with E-state index in [-0.39, 0.29) is 5.91 Å². The number of para-hydroxylation sites is 1. The van der Waals surface area contributed by atoms with Crippen LogP contribution >= 0.6 is 11.3 Å². The fourth-order valence-electron chi connectivity index (χ4n) is 1.91. The Morgan fingerprint density at radius 2 is 1.71 bits per heavy atom. The van der Waals surface area contributed by atoms with Gasteiger partial charge in [0.1, 0.15) is 11.9 Å². The molecule has 0 aliphatic rings. The minimum absolute atomic E-state index is 0.0886. The Hall–Kier alpha value is -2.95. The molecule has 0 radical (unpaired) electrons. The summed E-state index contributed by atoms with van der Waals surface area (Å²) in [6.45, 7) is 0.492. The molecule has 0 aliphatic carbocycles. The molecule has 1 aromatic heterocycles. The Morgan fingerprint density at radius 3 is 2.25 bits per heavy atom. The third-order valence-corrected chi connectivity index (χ3v) is 4.15. The molecule has 0 aliphatic heterocycles. The van der Waals surface area contributed by atoms with Crippen molar-refractivity contribution in [1.29, 1.82) is 0 Å². The molecule has 2 aromatic rings. The van der Waals surface area contributed by atoms with Crippen molar-refractivity contribution in [2.75, 3.05) is 6.54 Å². The van der Waals surface area contributed by atoms with Crippen molar-refractivity contribution in [2.24, 2.45) is 5.73 Å². The number of aliphatic hydroxyl groups is 1. The number of ether oxygens (including phenoxy) is 1. The van der Waals surface area contributed by atoms with Gasteiger partial charge in [-0.3, -0.25) is 10.5 Å². The number of carboxylic acid groups (broad SMARTS) is 2. The van der Waals surface area contributed by atoms with E-state index in [1.54, 1.807) is 18.2 Å². The molecule has 1 amide bonds. The average Bonchev–Trinajstić information content (AvgIpc) is 3.21. The molecule has 2 rings (SSSR count). The minimum Gasteiger partial charge on any atom is -0.473 e. The van der Waals surface area contributed by atoms with Crippen LogP contribution in [0, 0.1) is 0 Å². The molecule has 10 heteroatoms. The summed E-state index contributed by atoms with van der Waals surface area (Å²) in [5, 5.41) is 29.4. The lowest BCUT2D eigenvalue weighted by molar-refractivity contribution is -0.159. The van der Waals surface area contributed by atoms with Crippen LogP contribution in [0.4, 0.5) is 0 Å². The van der Waals surface area contributed by atoms with Gasteiger partial charge in [-0.25, -0.2) is 9.59 Å². The van der Waals surface area contributed by atoms with E-state index in [4.69, 9.17) is 30.3 Å². The van der Waals surface area contributed by atoms with Gasteiger partial charge in [0.2, 0.25) is 0 Å². The number of carbonyl (C=O) groups excluding carboxylic acids is 1. The molecule has 2 atom stereocenters. The van der Waals surface area contributed by atoms with Crippen LogP contribution in [-0.2, 0) is 9.59 Å². The van der Waals surface area contributed by atoms with Gasteiger partial charge in [-0.15, -0.1) is 11.3 Å². The first-order valence-corrected chi connectivity index (χ1v) is 9.12. The van der Waals surface area contributed by atoms with Gasteiger partial charge in [0, 0.05) is 6.54 Å². The summed E-state index contributed by atoms with van der Waals surface area (Å²) in [7, 11) is 0. The number of thiophene rings is 1. The van der Waals surface area contributed by atoms with Gasteiger partial charge >= 0.3 is 11.9 Å². The van der Waals surface area contributed by atoms with Crippen molar-refractivity contribution in [3.05, 3.63) is 52.7 Å². The summed E-state index contributed by atoms with van der Waals surface area (Å²) < 4.78 is 5.46. The van der Waals surface area contributed by atoms with E-state index < -0.39 is 24.3 Å². The Kier molecular flexibility index (Phi) is 10.3. The molecule has 9 nitrogen and oxygen atoms in total. The number of hydrogen-bond acceptors (Lipinski definition) is 7. The molecular formula is C18H22N2O7S. The molecule has 2 unspecified atom stereocenters. The second kappa shape index (κ2) is 12.4. The van der Waals surface area contributed by atoms with Gasteiger partial charge in [0.15, 0.2) is 6.23 Å². The van der Waals surface area contributed by atoms with E-state index in [2.05, 4.69) is 5.32 Å². The highest BCUT2D eigenvalue weighted by molar-refractivity contribution is 7.12. The zero-order chi connectivity index (χ0) is 20.9. The van der Waals surface area contributed by atoms with Gasteiger partial charge in [-0.1, -0.05) is 24.3 Å². The molecule has 0 spiro atoms. The fourth-order valence-corrected chi connectivity index (χ4v) is 2.55. The number of aliphatic hydroxyl groups excluding tert-OH is 1. The standard InChI is InChI=1S/C16H20N2O3S.C2H2O4/c17-15(21-12-6-2-1-3-7-12)13(19)8-4-10-18-16(20)14-9-5-11-22-14;3-1(4)2(5)6/h1-3,5-7,9,11,13,15,19H,4,8,10,17H2,(H,18,20);(H,3,4)(H,5,6). The van der Waals surface area contributed by atoms with E-state index in [9.17, 15) is 9.90 Å². The van der Waals surface area contributed by atoms with Gasteiger partial charge in [-0.05, 0) is 36.4 Å². The van der Waals surface area contributed by atoms with Crippen LogP contribution < -0.4 is 15.8 Å². The van der Waals surface area contributed by atoms with Crippen molar-refractivity contribution in [1.82, 2.24) is 5.32 Å². The summed E-state index contributed by atoms with van der Waals surface area (Å²) in [5.74, 6) is -3.11. The predicted octanol–water partition coefficient (Wildman–Crippen LogP) is 1.14. The first-order chi connectivity index (χ1) is 13.3. The normalized spacial score (nSPS) is 12.1. The second-order valence-electron chi connectivity index (χ2n) is 5.45. The Balaban J connectivity index is 0.000000568. The van der Waals surface area contributed by atoms with E-state index in [1.807, 2.05) is 29.6 Å². The van der Waals surface area contributed by atoms with Crippen LogP contribution in [0.25, 0.3) is 0 Å². The van der Waals surface area contributed by atoms with Crippen LogP contribution in [0.15, 0.2) is 47.8 Å². The highest BCUT2D eigenvalue weighted by Crippen LogP contribution is 2.12. The van der Waals surface area contributed by atoms with Crippen LogP contribution in [0.2, 0.25) is 0 Å². The number of hydrogen-bond donors (Lipinski definition) is 5. The Morgan fingerprint density at radius 1 is 1.07 bits per heavy atom. The van der Waals surface area contributed by atoms with Crippen molar-refractivity contribution in [3.8, 4) is 5.75 Å². The average molecular weight is 410 g/mol. The SMILES string of the molecule is NC(Oc1ccccc1)C(O)CCCNC(=O)c1cccs1.O=C(O)C(=O)O. The molecule has 1 heterocycles. The molecule has 0 fully saturated rings. The Bertz CT molecular complexity index is 726. The number of nitrogens with one attached hydrogen (secondary N) is 1. The number of carboxylic acids is 2. The van der Waals surface area contributed by atoms with Crippen molar-refractivity contribution < 1.29 is 34.4 Å². The Labute approximate surface area is 165 Å². The van der Waals surface area contributed by atoms with Gasteiger partial charge in [0.05, 0.1) is 4.88 Å². The minimum atomic E-state index is -1.82. The van der Waals surface area contributed by atoms with Crippen LogP contribution in [0.5, 0.6) is 5.75 Å². The molecule has 0 saturated carbocycles. The first-order valence-electron chi connectivity index (χ1n) is 8.24. The molecular weight excluding hydrogens is 388 g/mol. The van der Waals surface area contributed by atoms with Gasteiger partial charge in [0.25, 0.3) is 5.91 Å². The van der Waals surface area contributed by atoms with E-state index in [0.717, 1.165) is 0 Å². The lowest BCUT2D eigenvalue weighted by Gasteiger charge is -2.20. The summed E-state index contributed by atoms with van der Waals surface area (Å²) in [4.78, 5) is 30.6. The maximum absolute atomic E-state index is 11.7. The van der Waals surface area contributed by atoms with Gasteiger partial charge < -0.3 is 25.4 Å². The lowest BCUT2D eigenvalue weighted by Crippen LogP contribution is -2.40. The number of carbonyl (C=O) groups is 3. The second-order valence-corrected chi connectivity index (χ2v) is 6.40. The summed E-state index contributed by atoms with van der Waals surface area (Å²) in [5.41, 5.74) is 5.81.